The highest BCUT2D eigenvalue weighted by Gasteiger charge is 2.56. The number of fused-ring (bicyclic) bond motifs is 2. The molecule has 3 rings (SSSR count). The van der Waals surface area contributed by atoms with Crippen LogP contribution in [0.5, 0.6) is 0 Å². The van der Waals surface area contributed by atoms with Gasteiger partial charge in [-0.1, -0.05) is 20.8 Å². The minimum absolute atomic E-state index is 0.0127. The van der Waals surface area contributed by atoms with Crippen LogP contribution in [0.25, 0.3) is 0 Å². The predicted molar refractivity (Wildman–Crippen MR) is 70.6 cm³/mol. The second-order valence-corrected chi connectivity index (χ2v) is 7.67. The molecule has 0 spiro atoms. The van der Waals surface area contributed by atoms with Gasteiger partial charge < -0.3 is 5.11 Å². The molecule has 1 nitrogen and oxygen atoms in total. The maximum Gasteiger partial charge on any atom is 0.0540 e. The lowest BCUT2D eigenvalue weighted by molar-refractivity contribution is 0.0336. The fraction of sp³-hybridized carbons (Fsp3) is 1.00. The molecule has 0 aromatic rings. The Morgan fingerprint density at radius 3 is 2.06 bits per heavy atom. The van der Waals surface area contributed by atoms with E-state index in [0.29, 0.717) is 5.41 Å². The molecule has 0 heterocycles. The topological polar surface area (TPSA) is 20.2 Å². The van der Waals surface area contributed by atoms with Crippen molar-refractivity contribution in [2.45, 2.75) is 65.4 Å². The number of hydrogen-bond acceptors (Lipinski definition) is 1. The second-order valence-electron chi connectivity index (χ2n) is 7.67. The molecule has 0 unspecified atom stereocenters. The third kappa shape index (κ3) is 1.77. The summed E-state index contributed by atoms with van der Waals surface area (Å²) in [4.78, 5) is 0. The molecule has 3 fully saturated rings. The fourth-order valence-corrected chi connectivity index (χ4v) is 5.28. The summed E-state index contributed by atoms with van der Waals surface area (Å²) in [6.07, 6.45) is 7.72. The van der Waals surface area contributed by atoms with Crippen molar-refractivity contribution < 1.29 is 5.11 Å². The van der Waals surface area contributed by atoms with Gasteiger partial charge in [0.2, 0.25) is 0 Å². The van der Waals surface area contributed by atoms with Crippen molar-refractivity contribution in [3.8, 4) is 0 Å². The largest absolute Gasteiger partial charge is 0.393 e. The third-order valence-corrected chi connectivity index (χ3v) is 6.88. The third-order valence-electron chi connectivity index (χ3n) is 6.88. The Balaban J connectivity index is 1.68. The number of aliphatic hydroxyl groups is 1. The summed E-state index contributed by atoms with van der Waals surface area (Å²) < 4.78 is 0. The van der Waals surface area contributed by atoms with Crippen LogP contribution in [-0.2, 0) is 0 Å². The Morgan fingerprint density at radius 1 is 0.941 bits per heavy atom. The van der Waals surface area contributed by atoms with Gasteiger partial charge in [0.1, 0.15) is 0 Å². The zero-order chi connectivity index (χ0) is 12.2. The fourth-order valence-electron chi connectivity index (χ4n) is 5.28. The molecule has 0 aromatic heterocycles. The molecule has 2 bridgehead atoms. The summed E-state index contributed by atoms with van der Waals surface area (Å²) in [7, 11) is 0. The van der Waals surface area contributed by atoms with Crippen molar-refractivity contribution in [3.05, 3.63) is 0 Å². The van der Waals surface area contributed by atoms with E-state index in [0.717, 1.165) is 42.4 Å². The van der Waals surface area contributed by atoms with Crippen molar-refractivity contribution in [3.63, 3.8) is 0 Å². The van der Waals surface area contributed by atoms with Gasteiger partial charge in [-0.25, -0.2) is 0 Å². The van der Waals surface area contributed by atoms with Crippen LogP contribution in [0.1, 0.15) is 59.3 Å². The van der Waals surface area contributed by atoms with Gasteiger partial charge in [-0.05, 0) is 73.5 Å². The van der Waals surface area contributed by atoms with Gasteiger partial charge in [0.15, 0.2) is 0 Å². The zero-order valence-corrected chi connectivity index (χ0v) is 11.7. The molecule has 3 saturated carbocycles. The van der Waals surface area contributed by atoms with Crippen LogP contribution in [0.3, 0.4) is 0 Å². The number of hydrogen-bond donors (Lipinski definition) is 1. The molecule has 0 aliphatic heterocycles. The maximum absolute atomic E-state index is 9.64. The highest BCUT2D eigenvalue weighted by Crippen LogP contribution is 2.63. The van der Waals surface area contributed by atoms with Crippen LogP contribution >= 0.6 is 0 Å². The average Bonchev–Trinajstić information content (AvgIpc) is 2.81. The molecule has 1 N–H and O–H groups in total. The molecule has 3 aliphatic carbocycles. The Bertz CT molecular complexity index is 284. The Labute approximate surface area is 106 Å². The van der Waals surface area contributed by atoms with E-state index < -0.39 is 0 Å². The summed E-state index contributed by atoms with van der Waals surface area (Å²) >= 11 is 0. The molecule has 98 valence electrons. The first-order valence-electron chi connectivity index (χ1n) is 7.68. The summed E-state index contributed by atoms with van der Waals surface area (Å²) in [5.74, 6) is 4.83. The van der Waals surface area contributed by atoms with Gasteiger partial charge in [-0.15, -0.1) is 0 Å². The van der Waals surface area contributed by atoms with Gasteiger partial charge in [0.25, 0.3) is 0 Å². The van der Waals surface area contributed by atoms with E-state index >= 15 is 0 Å². The van der Waals surface area contributed by atoms with Gasteiger partial charge in [-0.3, -0.25) is 0 Å². The Morgan fingerprint density at radius 2 is 1.53 bits per heavy atom. The van der Waals surface area contributed by atoms with Gasteiger partial charge in [0.05, 0.1) is 6.10 Å². The van der Waals surface area contributed by atoms with E-state index in [1.807, 2.05) is 0 Å². The molecular formula is C16H28O. The van der Waals surface area contributed by atoms with E-state index in [-0.39, 0.29) is 6.10 Å². The molecule has 0 radical (unpaired) electrons. The minimum Gasteiger partial charge on any atom is -0.393 e. The molecule has 0 saturated heterocycles. The molecule has 3 aliphatic rings. The number of rotatable bonds is 1. The molecule has 17 heavy (non-hydrogen) atoms. The number of aliphatic hydroxyl groups excluding tert-OH is 1. The lowest BCUT2D eigenvalue weighted by atomic mass is 9.62. The van der Waals surface area contributed by atoms with Crippen LogP contribution in [0, 0.1) is 35.0 Å². The quantitative estimate of drug-likeness (QED) is 0.733. The normalized spacial score (nSPS) is 52.9. The van der Waals surface area contributed by atoms with E-state index in [2.05, 4.69) is 20.8 Å². The van der Waals surface area contributed by atoms with Gasteiger partial charge >= 0.3 is 0 Å². The minimum atomic E-state index is 0.0127. The highest BCUT2D eigenvalue weighted by atomic mass is 16.3. The summed E-state index contributed by atoms with van der Waals surface area (Å²) in [6.45, 7) is 7.47. The molecule has 1 heteroatoms. The summed E-state index contributed by atoms with van der Waals surface area (Å²) in [6, 6.07) is 0. The summed E-state index contributed by atoms with van der Waals surface area (Å²) in [5.41, 5.74) is 0.593. The predicted octanol–water partition coefficient (Wildman–Crippen LogP) is 3.86. The van der Waals surface area contributed by atoms with E-state index in [1.54, 1.807) is 0 Å². The van der Waals surface area contributed by atoms with Crippen molar-refractivity contribution in [1.82, 2.24) is 0 Å². The SMILES string of the molecule is C[C@@H]1[C@H]2C[C@@H](C[C@H]2C2CCC(O)CC2)C1(C)C. The van der Waals surface area contributed by atoms with Crippen LogP contribution in [0.4, 0.5) is 0 Å². The van der Waals surface area contributed by atoms with Crippen molar-refractivity contribution >= 4 is 0 Å². The molecular weight excluding hydrogens is 208 g/mol. The lowest BCUT2D eigenvalue weighted by Crippen LogP contribution is -2.37. The molecule has 4 atom stereocenters. The average molecular weight is 236 g/mol. The molecule has 0 amide bonds. The van der Waals surface area contributed by atoms with Crippen molar-refractivity contribution in [1.29, 1.82) is 0 Å². The van der Waals surface area contributed by atoms with Crippen molar-refractivity contribution in [2.75, 3.05) is 0 Å². The first-order chi connectivity index (χ1) is 8.00. The smallest absolute Gasteiger partial charge is 0.0540 e. The molecule has 0 aromatic carbocycles. The van der Waals surface area contributed by atoms with E-state index in [1.165, 1.54) is 25.7 Å². The Kier molecular flexibility index (Phi) is 2.81. The first kappa shape index (κ1) is 12.0. The second kappa shape index (κ2) is 3.98. The van der Waals surface area contributed by atoms with E-state index in [4.69, 9.17) is 0 Å². The lowest BCUT2D eigenvalue weighted by Gasteiger charge is -2.44. The standard InChI is InChI=1S/C16H28O/c1-10-14-8-12(16(10,2)3)9-15(14)11-4-6-13(17)7-5-11/h10-15,17H,4-9H2,1-3H3/t10-,11?,12+,13?,14-,15+/m1/s1. The maximum atomic E-state index is 9.64. The monoisotopic (exact) mass is 236 g/mol. The van der Waals surface area contributed by atoms with Crippen molar-refractivity contribution in [2.24, 2.45) is 35.0 Å². The first-order valence-corrected chi connectivity index (χ1v) is 7.68. The van der Waals surface area contributed by atoms with Gasteiger partial charge in [0, 0.05) is 0 Å². The van der Waals surface area contributed by atoms with Crippen LogP contribution < -0.4 is 0 Å². The van der Waals surface area contributed by atoms with Crippen LogP contribution in [0.2, 0.25) is 0 Å². The van der Waals surface area contributed by atoms with Crippen LogP contribution in [-0.4, -0.2) is 11.2 Å². The van der Waals surface area contributed by atoms with Crippen LogP contribution in [0.15, 0.2) is 0 Å². The van der Waals surface area contributed by atoms with E-state index in [9.17, 15) is 5.11 Å². The summed E-state index contributed by atoms with van der Waals surface area (Å²) in [5, 5.41) is 9.64. The zero-order valence-electron chi connectivity index (χ0n) is 11.7. The Hall–Kier alpha value is -0.0400. The van der Waals surface area contributed by atoms with Gasteiger partial charge in [-0.2, -0.15) is 0 Å². The highest BCUT2D eigenvalue weighted by molar-refractivity contribution is 5.05.